The van der Waals surface area contributed by atoms with Crippen LogP contribution in [0.5, 0.6) is 28.7 Å². The summed E-state index contributed by atoms with van der Waals surface area (Å²) in [4.78, 5) is 4.68. The number of ether oxygens (including phenoxy) is 5. The lowest BCUT2D eigenvalue weighted by molar-refractivity contribution is 0.311. The van der Waals surface area contributed by atoms with Crippen molar-refractivity contribution in [1.29, 1.82) is 0 Å². The van der Waals surface area contributed by atoms with Crippen LogP contribution in [0.2, 0.25) is 0 Å². The highest BCUT2D eigenvalue weighted by atomic mass is 16.5. The van der Waals surface area contributed by atoms with E-state index in [9.17, 15) is 0 Å². The molecular weight excluding hydrogens is 386 g/mol. The van der Waals surface area contributed by atoms with E-state index in [0.717, 1.165) is 11.3 Å². The van der Waals surface area contributed by atoms with Crippen molar-refractivity contribution in [2.45, 2.75) is 20.4 Å². The van der Waals surface area contributed by atoms with E-state index in [0.29, 0.717) is 54.4 Å². The Morgan fingerprint density at radius 1 is 0.800 bits per heavy atom. The van der Waals surface area contributed by atoms with Gasteiger partial charge in [-0.25, -0.2) is 4.99 Å². The van der Waals surface area contributed by atoms with Crippen LogP contribution in [-0.2, 0) is 6.54 Å². The molecule has 2 aromatic carbocycles. The summed E-state index contributed by atoms with van der Waals surface area (Å²) >= 11 is 0. The fourth-order valence-corrected chi connectivity index (χ4v) is 2.85. The molecule has 30 heavy (non-hydrogen) atoms. The van der Waals surface area contributed by atoms with E-state index in [-0.39, 0.29) is 0 Å². The van der Waals surface area contributed by atoms with Gasteiger partial charge >= 0.3 is 0 Å². The molecule has 0 spiro atoms. The molecule has 0 aromatic heterocycles. The van der Waals surface area contributed by atoms with Crippen LogP contribution < -0.4 is 34.3 Å². The monoisotopic (exact) mass is 417 g/mol. The SMILES string of the molecule is CCNC(=NCc1cc(OC)c(OC)cc1OC)Nc1ccc(OC)c(OCC)c1. The van der Waals surface area contributed by atoms with Crippen LogP contribution in [0.1, 0.15) is 19.4 Å². The van der Waals surface area contributed by atoms with Crippen LogP contribution in [0.15, 0.2) is 35.3 Å². The van der Waals surface area contributed by atoms with E-state index in [2.05, 4.69) is 15.6 Å². The Hall–Kier alpha value is -3.29. The lowest BCUT2D eigenvalue weighted by atomic mass is 10.1. The van der Waals surface area contributed by atoms with E-state index in [1.165, 1.54) is 0 Å². The summed E-state index contributed by atoms with van der Waals surface area (Å²) in [6.07, 6.45) is 0. The fraction of sp³-hybridized carbons (Fsp3) is 0.409. The number of guanidine groups is 1. The van der Waals surface area contributed by atoms with Crippen LogP contribution in [0.4, 0.5) is 5.69 Å². The lowest BCUT2D eigenvalue weighted by Gasteiger charge is -2.16. The van der Waals surface area contributed by atoms with E-state index in [1.807, 2.05) is 38.1 Å². The molecule has 2 aromatic rings. The largest absolute Gasteiger partial charge is 0.496 e. The Morgan fingerprint density at radius 3 is 2.07 bits per heavy atom. The summed E-state index contributed by atoms with van der Waals surface area (Å²) in [5.74, 6) is 3.88. The molecular formula is C22H31N3O5. The number of benzene rings is 2. The highest BCUT2D eigenvalue weighted by Crippen LogP contribution is 2.35. The molecule has 0 bridgehead atoms. The summed E-state index contributed by atoms with van der Waals surface area (Å²) in [6, 6.07) is 9.30. The van der Waals surface area contributed by atoms with Crippen molar-refractivity contribution in [3.05, 3.63) is 35.9 Å². The average Bonchev–Trinajstić information content (AvgIpc) is 2.77. The summed E-state index contributed by atoms with van der Waals surface area (Å²) in [7, 11) is 6.42. The number of anilines is 1. The summed E-state index contributed by atoms with van der Waals surface area (Å²) < 4.78 is 27.2. The number of hydrogen-bond acceptors (Lipinski definition) is 6. The number of nitrogens with zero attached hydrogens (tertiary/aromatic N) is 1. The molecule has 0 aliphatic carbocycles. The molecule has 2 N–H and O–H groups in total. The molecule has 0 saturated carbocycles. The average molecular weight is 418 g/mol. The van der Waals surface area contributed by atoms with Crippen molar-refractivity contribution in [1.82, 2.24) is 5.32 Å². The van der Waals surface area contributed by atoms with Crippen LogP contribution >= 0.6 is 0 Å². The molecule has 0 atom stereocenters. The lowest BCUT2D eigenvalue weighted by Crippen LogP contribution is -2.30. The maximum atomic E-state index is 5.65. The molecule has 0 heterocycles. The molecule has 164 valence electrons. The molecule has 0 amide bonds. The van der Waals surface area contributed by atoms with E-state index >= 15 is 0 Å². The third-order valence-corrected chi connectivity index (χ3v) is 4.26. The minimum absolute atomic E-state index is 0.382. The van der Waals surface area contributed by atoms with E-state index in [4.69, 9.17) is 23.7 Å². The smallest absolute Gasteiger partial charge is 0.196 e. The standard InChI is InChI=1S/C22H31N3O5/c1-7-23-22(25-16-9-10-17(26-3)21(12-16)30-8-2)24-14-15-11-19(28-5)20(29-6)13-18(15)27-4/h9-13H,7-8,14H2,1-6H3,(H2,23,24,25). The summed E-state index contributed by atoms with van der Waals surface area (Å²) in [6.45, 7) is 5.58. The molecule has 0 radical (unpaired) electrons. The molecule has 0 fully saturated rings. The van der Waals surface area contributed by atoms with Gasteiger partial charge in [-0.05, 0) is 32.0 Å². The Morgan fingerprint density at radius 2 is 1.47 bits per heavy atom. The van der Waals surface area contributed by atoms with Gasteiger partial charge < -0.3 is 34.3 Å². The number of rotatable bonds is 10. The van der Waals surface area contributed by atoms with Gasteiger partial charge in [-0.1, -0.05) is 0 Å². The van der Waals surface area contributed by atoms with Crippen molar-refractivity contribution in [2.24, 2.45) is 4.99 Å². The zero-order chi connectivity index (χ0) is 21.9. The van der Waals surface area contributed by atoms with Crippen LogP contribution in [-0.4, -0.2) is 47.6 Å². The van der Waals surface area contributed by atoms with Gasteiger partial charge in [-0.15, -0.1) is 0 Å². The zero-order valence-corrected chi connectivity index (χ0v) is 18.5. The first-order valence-corrected chi connectivity index (χ1v) is 9.75. The molecule has 0 aliphatic heterocycles. The number of hydrogen-bond donors (Lipinski definition) is 2. The molecule has 8 nitrogen and oxygen atoms in total. The van der Waals surface area contributed by atoms with Gasteiger partial charge in [0.1, 0.15) is 5.75 Å². The van der Waals surface area contributed by atoms with Crippen LogP contribution in [0.3, 0.4) is 0 Å². The normalized spacial score (nSPS) is 10.9. The van der Waals surface area contributed by atoms with Crippen molar-refractivity contribution >= 4 is 11.6 Å². The minimum atomic E-state index is 0.382. The summed E-state index contributed by atoms with van der Waals surface area (Å²) in [5.41, 5.74) is 1.70. The predicted octanol–water partition coefficient (Wildman–Crippen LogP) is 3.70. The van der Waals surface area contributed by atoms with Crippen LogP contribution in [0.25, 0.3) is 0 Å². The van der Waals surface area contributed by atoms with Gasteiger partial charge in [0.05, 0.1) is 41.6 Å². The quantitative estimate of drug-likeness (QED) is 0.451. The van der Waals surface area contributed by atoms with Gasteiger partial charge in [-0.3, -0.25) is 0 Å². The fourth-order valence-electron chi connectivity index (χ4n) is 2.85. The molecule has 2 rings (SSSR count). The summed E-state index contributed by atoms with van der Waals surface area (Å²) in [5, 5.41) is 6.54. The van der Waals surface area contributed by atoms with Gasteiger partial charge in [0.15, 0.2) is 29.0 Å². The second kappa shape index (κ2) is 11.6. The van der Waals surface area contributed by atoms with E-state index < -0.39 is 0 Å². The maximum Gasteiger partial charge on any atom is 0.196 e. The van der Waals surface area contributed by atoms with Crippen molar-refractivity contribution in [3.8, 4) is 28.7 Å². The number of methoxy groups -OCH3 is 4. The molecule has 0 aliphatic rings. The van der Waals surface area contributed by atoms with E-state index in [1.54, 1.807) is 34.5 Å². The molecule has 8 heteroatoms. The van der Waals surface area contributed by atoms with Gasteiger partial charge in [0.25, 0.3) is 0 Å². The molecule has 0 unspecified atom stereocenters. The highest BCUT2D eigenvalue weighted by molar-refractivity contribution is 5.94. The third kappa shape index (κ3) is 5.85. The van der Waals surface area contributed by atoms with Crippen molar-refractivity contribution in [2.75, 3.05) is 46.9 Å². The first kappa shape index (κ1) is 23.0. The van der Waals surface area contributed by atoms with Gasteiger partial charge in [0.2, 0.25) is 0 Å². The van der Waals surface area contributed by atoms with Crippen LogP contribution in [0, 0.1) is 0 Å². The Bertz CT molecular complexity index is 855. The predicted molar refractivity (Wildman–Crippen MR) is 119 cm³/mol. The van der Waals surface area contributed by atoms with Crippen molar-refractivity contribution in [3.63, 3.8) is 0 Å². The van der Waals surface area contributed by atoms with Crippen molar-refractivity contribution < 1.29 is 23.7 Å². The number of aliphatic imine (C=N–C) groups is 1. The Balaban J connectivity index is 2.27. The Labute approximate surface area is 178 Å². The second-order valence-corrected chi connectivity index (χ2v) is 6.14. The van der Waals surface area contributed by atoms with Gasteiger partial charge in [0, 0.05) is 29.9 Å². The highest BCUT2D eigenvalue weighted by Gasteiger charge is 2.12. The van der Waals surface area contributed by atoms with Gasteiger partial charge in [-0.2, -0.15) is 0 Å². The maximum absolute atomic E-state index is 5.65. The molecule has 0 saturated heterocycles. The zero-order valence-electron chi connectivity index (χ0n) is 18.5. The topological polar surface area (TPSA) is 82.6 Å². The number of nitrogens with one attached hydrogen (secondary N) is 2. The Kier molecular flexibility index (Phi) is 8.93. The third-order valence-electron chi connectivity index (χ3n) is 4.26. The minimum Gasteiger partial charge on any atom is -0.496 e. The second-order valence-electron chi connectivity index (χ2n) is 6.14. The first-order chi connectivity index (χ1) is 14.6. The first-order valence-electron chi connectivity index (χ1n) is 9.75.